The van der Waals surface area contributed by atoms with E-state index >= 15 is 0 Å². The average Bonchev–Trinajstić information content (AvgIpc) is 2.42. The summed E-state index contributed by atoms with van der Waals surface area (Å²) in [5, 5.41) is 7.83. The van der Waals surface area contributed by atoms with Crippen molar-refractivity contribution in [3.05, 3.63) is 36.0 Å². The fourth-order valence-electron chi connectivity index (χ4n) is 1.94. The van der Waals surface area contributed by atoms with E-state index in [1.54, 1.807) is 23.1 Å². The van der Waals surface area contributed by atoms with Crippen molar-refractivity contribution >= 4 is 17.3 Å². The number of fused-ring (bicyclic) bond motifs is 1. The Morgan fingerprint density at radius 2 is 2.32 bits per heavy atom. The molecule has 0 fully saturated rings. The van der Waals surface area contributed by atoms with Crippen LogP contribution in [0.4, 0.5) is 5.69 Å². The van der Waals surface area contributed by atoms with Crippen molar-refractivity contribution < 1.29 is 9.53 Å². The zero-order valence-electron chi connectivity index (χ0n) is 10.4. The molecule has 0 saturated heterocycles. The van der Waals surface area contributed by atoms with E-state index in [1.165, 1.54) is 12.3 Å². The lowest BCUT2D eigenvalue weighted by Gasteiger charge is -2.29. The molecule has 19 heavy (non-hydrogen) atoms. The number of anilines is 1. The van der Waals surface area contributed by atoms with E-state index in [2.05, 4.69) is 0 Å². The highest BCUT2D eigenvalue weighted by Gasteiger charge is 2.25. The normalized spacial score (nSPS) is 14.4. The molecule has 6 heteroatoms. The smallest absolute Gasteiger partial charge is 0.265 e. The van der Waals surface area contributed by atoms with Gasteiger partial charge in [0.2, 0.25) is 0 Å². The van der Waals surface area contributed by atoms with Crippen LogP contribution in [0.5, 0.6) is 5.75 Å². The number of nitrogens with two attached hydrogens (primary N) is 2. The third-order valence-electron chi connectivity index (χ3n) is 2.83. The molecule has 0 atom stereocenters. The molecule has 1 heterocycles. The molecule has 0 unspecified atom stereocenters. The van der Waals surface area contributed by atoms with Crippen molar-refractivity contribution in [3.8, 4) is 5.75 Å². The number of benzene rings is 1. The molecule has 100 valence electrons. The second-order valence-corrected chi connectivity index (χ2v) is 4.08. The predicted molar refractivity (Wildman–Crippen MR) is 73.5 cm³/mol. The van der Waals surface area contributed by atoms with E-state index in [-0.39, 0.29) is 18.2 Å². The molecule has 0 spiro atoms. The third-order valence-corrected chi connectivity index (χ3v) is 2.83. The van der Waals surface area contributed by atoms with Crippen molar-refractivity contribution in [1.82, 2.24) is 0 Å². The molecule has 1 aromatic rings. The molecule has 1 aliphatic rings. The Morgan fingerprint density at radius 3 is 3.00 bits per heavy atom. The first kappa shape index (κ1) is 13.1. The van der Waals surface area contributed by atoms with E-state index in [0.29, 0.717) is 30.1 Å². The number of carbonyl (C=O) groups is 1. The zero-order chi connectivity index (χ0) is 13.8. The molecular formula is C13H16N4O2. The quantitative estimate of drug-likeness (QED) is 0.673. The molecule has 0 aliphatic carbocycles. The third kappa shape index (κ3) is 2.58. The largest absolute Gasteiger partial charge is 0.482 e. The van der Waals surface area contributed by atoms with Gasteiger partial charge in [-0.2, -0.15) is 0 Å². The standard InChI is InChI=1S/C13H16N4O2/c14-4-3-10(16)9-1-2-12-11(7-9)17(6-5-15)13(18)8-19-12/h1-4,7,16H,5-6,8,14-15H2/b4-3-,16-10?. The van der Waals surface area contributed by atoms with Gasteiger partial charge in [0.25, 0.3) is 5.91 Å². The SMILES string of the molecule is N=C(/C=C\N)c1ccc2c(c1)N(CCN)C(=O)CO2. The number of hydrogen-bond acceptors (Lipinski definition) is 5. The summed E-state index contributed by atoms with van der Waals surface area (Å²) in [6.45, 7) is 0.820. The van der Waals surface area contributed by atoms with E-state index in [9.17, 15) is 4.79 Å². The van der Waals surface area contributed by atoms with Crippen LogP contribution in [0.1, 0.15) is 5.56 Å². The maximum Gasteiger partial charge on any atom is 0.265 e. The van der Waals surface area contributed by atoms with Gasteiger partial charge in [-0.25, -0.2) is 0 Å². The van der Waals surface area contributed by atoms with E-state index in [0.717, 1.165) is 0 Å². The first-order valence-electron chi connectivity index (χ1n) is 5.92. The van der Waals surface area contributed by atoms with Gasteiger partial charge in [0.1, 0.15) is 5.75 Å². The Hall–Kier alpha value is -2.34. The van der Waals surface area contributed by atoms with Gasteiger partial charge in [-0.05, 0) is 30.5 Å². The summed E-state index contributed by atoms with van der Waals surface area (Å²) in [5.41, 5.74) is 12.4. The molecular weight excluding hydrogens is 244 g/mol. The topological polar surface area (TPSA) is 105 Å². The van der Waals surface area contributed by atoms with Crippen LogP contribution >= 0.6 is 0 Å². The van der Waals surface area contributed by atoms with E-state index in [1.807, 2.05) is 0 Å². The molecule has 2 rings (SSSR count). The summed E-state index contributed by atoms with van der Waals surface area (Å²) in [4.78, 5) is 13.4. The van der Waals surface area contributed by atoms with E-state index < -0.39 is 0 Å². The Morgan fingerprint density at radius 1 is 1.53 bits per heavy atom. The summed E-state index contributed by atoms with van der Waals surface area (Å²) in [6, 6.07) is 5.25. The van der Waals surface area contributed by atoms with Crippen molar-refractivity contribution in [3.63, 3.8) is 0 Å². The van der Waals surface area contributed by atoms with E-state index in [4.69, 9.17) is 21.6 Å². The summed E-state index contributed by atoms with van der Waals surface area (Å²) in [5.74, 6) is 0.498. The van der Waals surface area contributed by atoms with Gasteiger partial charge >= 0.3 is 0 Å². The summed E-state index contributed by atoms with van der Waals surface area (Å²) < 4.78 is 5.36. The van der Waals surface area contributed by atoms with Crippen LogP contribution in [-0.4, -0.2) is 31.3 Å². The molecule has 1 amide bonds. The van der Waals surface area contributed by atoms with Crippen LogP contribution in [0.2, 0.25) is 0 Å². The number of nitrogens with zero attached hydrogens (tertiary/aromatic N) is 1. The minimum atomic E-state index is -0.129. The van der Waals surface area contributed by atoms with Crippen molar-refractivity contribution in [2.24, 2.45) is 11.5 Å². The Labute approximate surface area is 111 Å². The second kappa shape index (κ2) is 5.53. The summed E-state index contributed by atoms with van der Waals surface area (Å²) in [7, 11) is 0. The molecule has 6 nitrogen and oxygen atoms in total. The van der Waals surface area contributed by atoms with Crippen LogP contribution in [0.15, 0.2) is 30.5 Å². The highest BCUT2D eigenvalue weighted by Crippen LogP contribution is 2.32. The number of amides is 1. The highest BCUT2D eigenvalue weighted by molar-refractivity contribution is 6.08. The number of ether oxygens (including phenoxy) is 1. The highest BCUT2D eigenvalue weighted by atomic mass is 16.5. The molecule has 0 saturated carbocycles. The summed E-state index contributed by atoms with van der Waals surface area (Å²) >= 11 is 0. The van der Waals surface area contributed by atoms with Gasteiger partial charge in [-0.15, -0.1) is 0 Å². The molecule has 5 N–H and O–H groups in total. The fourth-order valence-corrected chi connectivity index (χ4v) is 1.94. The Kier molecular flexibility index (Phi) is 3.82. The van der Waals surface area contributed by atoms with Gasteiger partial charge in [0, 0.05) is 18.7 Å². The van der Waals surface area contributed by atoms with Crippen molar-refractivity contribution in [2.45, 2.75) is 0 Å². The first-order chi connectivity index (χ1) is 9.17. The van der Waals surface area contributed by atoms with Crippen molar-refractivity contribution in [2.75, 3.05) is 24.6 Å². The fraction of sp³-hybridized carbons (Fsp3) is 0.231. The number of allylic oxidation sites excluding steroid dienone is 1. The minimum Gasteiger partial charge on any atom is -0.482 e. The zero-order valence-corrected chi connectivity index (χ0v) is 10.4. The van der Waals surface area contributed by atoms with Crippen LogP contribution in [0.3, 0.4) is 0 Å². The minimum absolute atomic E-state index is 0.0203. The predicted octanol–water partition coefficient (Wildman–Crippen LogP) is 0.211. The first-order valence-corrected chi connectivity index (χ1v) is 5.92. The Balaban J connectivity index is 2.41. The van der Waals surface area contributed by atoms with Gasteiger partial charge in [-0.1, -0.05) is 0 Å². The maximum atomic E-state index is 11.8. The van der Waals surface area contributed by atoms with Crippen LogP contribution in [-0.2, 0) is 4.79 Å². The van der Waals surface area contributed by atoms with Gasteiger partial charge in [0.15, 0.2) is 6.61 Å². The number of rotatable bonds is 4. The lowest BCUT2D eigenvalue weighted by Crippen LogP contribution is -2.41. The monoisotopic (exact) mass is 260 g/mol. The molecule has 0 aromatic heterocycles. The molecule has 0 bridgehead atoms. The maximum absolute atomic E-state index is 11.8. The number of nitrogens with one attached hydrogen (secondary N) is 1. The average molecular weight is 260 g/mol. The van der Waals surface area contributed by atoms with Crippen molar-refractivity contribution in [1.29, 1.82) is 5.41 Å². The number of carbonyl (C=O) groups excluding carboxylic acids is 1. The molecule has 1 aromatic carbocycles. The molecule has 1 aliphatic heterocycles. The molecule has 0 radical (unpaired) electrons. The number of hydrogen-bond donors (Lipinski definition) is 3. The van der Waals surface area contributed by atoms with Gasteiger partial charge in [-0.3, -0.25) is 4.79 Å². The lowest BCUT2D eigenvalue weighted by atomic mass is 10.1. The lowest BCUT2D eigenvalue weighted by molar-refractivity contribution is -0.121. The van der Waals surface area contributed by atoms with Crippen LogP contribution in [0, 0.1) is 5.41 Å². The second-order valence-electron chi connectivity index (χ2n) is 4.08. The van der Waals surface area contributed by atoms with Gasteiger partial charge < -0.3 is 26.5 Å². The van der Waals surface area contributed by atoms with Gasteiger partial charge in [0.05, 0.1) is 11.4 Å². The Bertz CT molecular complexity index is 539. The van der Waals surface area contributed by atoms with Crippen LogP contribution in [0.25, 0.3) is 0 Å². The van der Waals surface area contributed by atoms with Crippen LogP contribution < -0.4 is 21.1 Å². The summed E-state index contributed by atoms with van der Waals surface area (Å²) in [6.07, 6.45) is 2.79.